The average Bonchev–Trinajstić information content (AvgIpc) is 2.44. The molecule has 0 bridgehead atoms. The SMILES string of the molecule is CCOC(=O)NC(=O)CN(CC)C(=S)Nc1cccc(Br)c1. The summed E-state index contributed by atoms with van der Waals surface area (Å²) in [6.07, 6.45) is -0.755. The largest absolute Gasteiger partial charge is 0.450 e. The minimum Gasteiger partial charge on any atom is -0.450 e. The van der Waals surface area contributed by atoms with E-state index in [0.717, 1.165) is 10.2 Å². The zero-order valence-electron chi connectivity index (χ0n) is 12.4. The maximum absolute atomic E-state index is 11.8. The second-order valence-electron chi connectivity index (χ2n) is 4.22. The van der Waals surface area contributed by atoms with E-state index in [0.29, 0.717) is 11.7 Å². The number of amides is 2. The highest BCUT2D eigenvalue weighted by molar-refractivity contribution is 9.10. The van der Waals surface area contributed by atoms with Crippen LogP contribution in [0.25, 0.3) is 0 Å². The summed E-state index contributed by atoms with van der Waals surface area (Å²) in [6.45, 7) is 4.23. The van der Waals surface area contributed by atoms with Crippen molar-refractivity contribution in [3.63, 3.8) is 0 Å². The van der Waals surface area contributed by atoms with Crippen LogP contribution in [-0.4, -0.2) is 41.7 Å². The second kappa shape index (κ2) is 9.37. The Bertz CT molecular complexity index is 554. The molecule has 0 unspecified atom stereocenters. The molecule has 0 aliphatic carbocycles. The third-order valence-corrected chi connectivity index (χ3v) is 3.45. The van der Waals surface area contributed by atoms with Gasteiger partial charge in [0.15, 0.2) is 5.11 Å². The van der Waals surface area contributed by atoms with E-state index in [2.05, 4.69) is 31.3 Å². The van der Waals surface area contributed by atoms with Gasteiger partial charge in [0.2, 0.25) is 5.91 Å². The van der Waals surface area contributed by atoms with Gasteiger partial charge >= 0.3 is 6.09 Å². The Morgan fingerprint density at radius 3 is 2.68 bits per heavy atom. The Kier molecular flexibility index (Phi) is 7.83. The van der Waals surface area contributed by atoms with Gasteiger partial charge in [-0.2, -0.15) is 0 Å². The number of nitrogens with zero attached hydrogens (tertiary/aromatic N) is 1. The summed E-state index contributed by atoms with van der Waals surface area (Å²) in [5.74, 6) is -0.473. The van der Waals surface area contributed by atoms with Gasteiger partial charge in [0, 0.05) is 16.7 Å². The van der Waals surface area contributed by atoms with Crippen LogP contribution in [0.3, 0.4) is 0 Å². The number of rotatable bonds is 5. The Morgan fingerprint density at radius 2 is 2.09 bits per heavy atom. The highest BCUT2D eigenvalue weighted by Crippen LogP contribution is 2.16. The fourth-order valence-corrected chi connectivity index (χ4v) is 2.30. The summed E-state index contributed by atoms with van der Waals surface area (Å²) >= 11 is 8.66. The van der Waals surface area contributed by atoms with Crippen molar-refractivity contribution in [1.29, 1.82) is 0 Å². The minimum absolute atomic E-state index is 0.0326. The lowest BCUT2D eigenvalue weighted by Gasteiger charge is -2.23. The van der Waals surface area contributed by atoms with Crippen LogP contribution in [0.2, 0.25) is 0 Å². The monoisotopic (exact) mass is 387 g/mol. The molecule has 8 heteroatoms. The van der Waals surface area contributed by atoms with E-state index in [1.165, 1.54) is 0 Å². The summed E-state index contributed by atoms with van der Waals surface area (Å²) in [6, 6.07) is 7.51. The molecule has 0 spiro atoms. The number of alkyl carbamates (subject to hydrolysis) is 1. The molecule has 0 atom stereocenters. The molecule has 0 radical (unpaired) electrons. The molecule has 1 rings (SSSR count). The first kappa shape index (κ1) is 18.4. The first-order chi connectivity index (χ1) is 10.5. The molecule has 0 saturated carbocycles. The molecule has 22 heavy (non-hydrogen) atoms. The van der Waals surface area contributed by atoms with E-state index in [1.54, 1.807) is 11.8 Å². The predicted molar refractivity (Wildman–Crippen MR) is 92.8 cm³/mol. The van der Waals surface area contributed by atoms with E-state index >= 15 is 0 Å². The normalized spacial score (nSPS) is 9.77. The Balaban J connectivity index is 2.57. The van der Waals surface area contributed by atoms with Crippen LogP contribution in [0.5, 0.6) is 0 Å². The number of ether oxygens (including phenoxy) is 1. The maximum Gasteiger partial charge on any atom is 0.413 e. The number of benzene rings is 1. The number of hydrogen-bond acceptors (Lipinski definition) is 4. The molecule has 1 aromatic carbocycles. The first-order valence-corrected chi connectivity index (χ1v) is 7.94. The molecule has 120 valence electrons. The van der Waals surface area contributed by atoms with Gasteiger partial charge in [-0.25, -0.2) is 4.79 Å². The van der Waals surface area contributed by atoms with Gasteiger partial charge in [-0.05, 0) is 44.3 Å². The van der Waals surface area contributed by atoms with E-state index in [9.17, 15) is 9.59 Å². The number of carbonyl (C=O) groups is 2. The number of likely N-dealkylation sites (N-methyl/N-ethyl adjacent to an activating group) is 1. The number of carbonyl (C=O) groups excluding carboxylic acids is 2. The molecule has 1 aromatic rings. The van der Waals surface area contributed by atoms with Crippen molar-refractivity contribution in [2.24, 2.45) is 0 Å². The van der Waals surface area contributed by atoms with Crippen molar-refractivity contribution in [2.45, 2.75) is 13.8 Å². The Labute approximate surface area is 143 Å². The molecule has 0 aromatic heterocycles. The van der Waals surface area contributed by atoms with Crippen LogP contribution < -0.4 is 10.6 Å². The van der Waals surface area contributed by atoms with Crippen molar-refractivity contribution >= 4 is 50.9 Å². The van der Waals surface area contributed by atoms with Gasteiger partial charge < -0.3 is 15.0 Å². The number of thiocarbonyl (C=S) groups is 1. The van der Waals surface area contributed by atoms with Crippen LogP contribution >= 0.6 is 28.1 Å². The van der Waals surface area contributed by atoms with Crippen molar-refractivity contribution < 1.29 is 14.3 Å². The van der Waals surface area contributed by atoms with Gasteiger partial charge in [-0.15, -0.1) is 0 Å². The zero-order chi connectivity index (χ0) is 16.5. The van der Waals surface area contributed by atoms with Crippen LogP contribution in [0.4, 0.5) is 10.5 Å². The second-order valence-corrected chi connectivity index (χ2v) is 5.53. The van der Waals surface area contributed by atoms with Crippen LogP contribution in [-0.2, 0) is 9.53 Å². The zero-order valence-corrected chi connectivity index (χ0v) is 14.8. The number of anilines is 1. The predicted octanol–water partition coefficient (Wildman–Crippen LogP) is 2.74. The van der Waals surface area contributed by atoms with Crippen molar-refractivity contribution in [3.8, 4) is 0 Å². The molecule has 0 fully saturated rings. The van der Waals surface area contributed by atoms with Crippen molar-refractivity contribution in [3.05, 3.63) is 28.7 Å². The smallest absolute Gasteiger partial charge is 0.413 e. The third-order valence-electron chi connectivity index (χ3n) is 2.60. The summed E-state index contributed by atoms with van der Waals surface area (Å²) in [7, 11) is 0. The summed E-state index contributed by atoms with van der Waals surface area (Å²) < 4.78 is 5.57. The summed E-state index contributed by atoms with van der Waals surface area (Å²) in [4.78, 5) is 24.6. The molecule has 0 aliphatic rings. The number of imide groups is 1. The van der Waals surface area contributed by atoms with Crippen molar-refractivity contribution in [1.82, 2.24) is 10.2 Å². The fourth-order valence-electron chi connectivity index (χ4n) is 1.59. The van der Waals surface area contributed by atoms with Crippen LogP contribution in [0, 0.1) is 0 Å². The Hall–Kier alpha value is -1.67. The lowest BCUT2D eigenvalue weighted by atomic mass is 10.3. The Morgan fingerprint density at radius 1 is 1.36 bits per heavy atom. The first-order valence-electron chi connectivity index (χ1n) is 6.74. The molecule has 0 heterocycles. The highest BCUT2D eigenvalue weighted by Gasteiger charge is 2.15. The fraction of sp³-hybridized carbons (Fsp3) is 0.357. The minimum atomic E-state index is -0.755. The van der Waals surface area contributed by atoms with E-state index < -0.39 is 12.0 Å². The standard InChI is InChI=1S/C14H18BrN3O3S/c1-3-18(9-12(19)17-14(20)21-4-2)13(22)16-11-7-5-6-10(15)8-11/h5-8H,3-4,9H2,1-2H3,(H,16,22)(H,17,19,20). The average molecular weight is 388 g/mol. The third kappa shape index (κ3) is 6.40. The molecule has 2 N–H and O–H groups in total. The quantitative estimate of drug-likeness (QED) is 0.756. The molecule has 6 nitrogen and oxygen atoms in total. The molecule has 0 saturated heterocycles. The molecule has 0 aliphatic heterocycles. The molecular formula is C14H18BrN3O3S. The van der Waals surface area contributed by atoms with Crippen LogP contribution in [0.1, 0.15) is 13.8 Å². The van der Waals surface area contributed by atoms with Crippen LogP contribution in [0.15, 0.2) is 28.7 Å². The summed E-state index contributed by atoms with van der Waals surface area (Å²) in [5.41, 5.74) is 0.809. The van der Waals surface area contributed by atoms with E-state index in [1.807, 2.05) is 31.2 Å². The molecule has 2 amide bonds. The maximum atomic E-state index is 11.8. The lowest BCUT2D eigenvalue weighted by molar-refractivity contribution is -0.120. The summed E-state index contributed by atoms with van der Waals surface area (Å²) in [5, 5.41) is 5.59. The van der Waals surface area contributed by atoms with Crippen molar-refractivity contribution in [2.75, 3.05) is 25.0 Å². The number of nitrogens with one attached hydrogen (secondary N) is 2. The lowest BCUT2D eigenvalue weighted by Crippen LogP contribution is -2.44. The van der Waals surface area contributed by atoms with Gasteiger partial charge in [0.25, 0.3) is 0 Å². The van der Waals surface area contributed by atoms with Gasteiger partial charge in [0.1, 0.15) is 0 Å². The van der Waals surface area contributed by atoms with Gasteiger partial charge in [-0.1, -0.05) is 22.0 Å². The van der Waals surface area contributed by atoms with Gasteiger partial charge in [0.05, 0.1) is 13.2 Å². The van der Waals surface area contributed by atoms with E-state index in [-0.39, 0.29) is 13.2 Å². The van der Waals surface area contributed by atoms with E-state index in [4.69, 9.17) is 12.2 Å². The number of hydrogen-bond donors (Lipinski definition) is 2. The van der Waals surface area contributed by atoms with Gasteiger partial charge in [-0.3, -0.25) is 10.1 Å². The number of halogens is 1. The topological polar surface area (TPSA) is 70.7 Å². The highest BCUT2D eigenvalue weighted by atomic mass is 79.9. The molecular weight excluding hydrogens is 370 g/mol.